The van der Waals surface area contributed by atoms with Gasteiger partial charge in [0.05, 0.1) is 10.0 Å². The molecular formula is C16H14Cl2N2OS. The van der Waals surface area contributed by atoms with Gasteiger partial charge >= 0.3 is 0 Å². The lowest BCUT2D eigenvalue weighted by molar-refractivity contribution is 0.0977. The number of halogens is 2. The lowest BCUT2D eigenvalue weighted by Crippen LogP contribution is -2.34. The highest BCUT2D eigenvalue weighted by atomic mass is 35.5. The maximum absolute atomic E-state index is 12.1. The van der Waals surface area contributed by atoms with Gasteiger partial charge in [0.1, 0.15) is 0 Å². The number of nitrogens with one attached hydrogen (secondary N) is 2. The number of aryl methyl sites for hydroxylation is 2. The Bertz CT molecular complexity index is 747. The van der Waals surface area contributed by atoms with Crippen LogP contribution in [0.5, 0.6) is 0 Å². The minimum absolute atomic E-state index is 0.196. The van der Waals surface area contributed by atoms with Crippen molar-refractivity contribution in [1.82, 2.24) is 5.32 Å². The van der Waals surface area contributed by atoms with E-state index in [0.717, 1.165) is 11.1 Å². The molecule has 114 valence electrons. The van der Waals surface area contributed by atoms with Crippen molar-refractivity contribution in [2.45, 2.75) is 13.8 Å². The summed E-state index contributed by atoms with van der Waals surface area (Å²) in [6.45, 7) is 3.95. The van der Waals surface area contributed by atoms with E-state index in [0.29, 0.717) is 21.3 Å². The van der Waals surface area contributed by atoms with E-state index in [4.69, 9.17) is 35.4 Å². The lowest BCUT2D eigenvalue weighted by Gasteiger charge is -2.11. The van der Waals surface area contributed by atoms with Crippen molar-refractivity contribution in [1.29, 1.82) is 0 Å². The van der Waals surface area contributed by atoms with Gasteiger partial charge in [0.15, 0.2) is 5.11 Å². The minimum atomic E-state index is -0.263. The normalized spacial score (nSPS) is 10.2. The summed E-state index contributed by atoms with van der Waals surface area (Å²) in [7, 11) is 0. The Kier molecular flexibility index (Phi) is 5.40. The summed E-state index contributed by atoms with van der Waals surface area (Å²) >= 11 is 16.9. The summed E-state index contributed by atoms with van der Waals surface area (Å²) in [5.74, 6) is -0.263. The van der Waals surface area contributed by atoms with E-state index in [9.17, 15) is 4.79 Å². The van der Waals surface area contributed by atoms with Crippen LogP contribution in [0, 0.1) is 13.8 Å². The highest BCUT2D eigenvalue weighted by Gasteiger charge is 2.09. The third kappa shape index (κ3) is 4.19. The molecule has 0 saturated heterocycles. The number of benzene rings is 2. The van der Waals surface area contributed by atoms with Crippen molar-refractivity contribution >= 4 is 52.1 Å². The Hall–Kier alpha value is -1.62. The van der Waals surface area contributed by atoms with E-state index in [1.165, 1.54) is 0 Å². The maximum atomic E-state index is 12.1. The Labute approximate surface area is 144 Å². The first-order valence-electron chi connectivity index (χ1n) is 6.51. The number of hydrogen-bond donors (Lipinski definition) is 2. The zero-order valence-electron chi connectivity index (χ0n) is 12.0. The Morgan fingerprint density at radius 2 is 1.73 bits per heavy atom. The summed E-state index contributed by atoms with van der Waals surface area (Å²) in [5.41, 5.74) is 3.39. The smallest absolute Gasteiger partial charge is 0.257 e. The number of rotatable bonds is 2. The van der Waals surface area contributed by atoms with Gasteiger partial charge in [-0.15, -0.1) is 0 Å². The molecule has 22 heavy (non-hydrogen) atoms. The number of hydrogen-bond acceptors (Lipinski definition) is 2. The second-order valence-electron chi connectivity index (χ2n) is 4.84. The van der Waals surface area contributed by atoms with Crippen molar-refractivity contribution in [2.75, 3.05) is 5.32 Å². The molecule has 0 radical (unpaired) electrons. The molecule has 3 nitrogen and oxygen atoms in total. The summed E-state index contributed by atoms with van der Waals surface area (Å²) in [6, 6.07) is 10.5. The quantitative estimate of drug-likeness (QED) is 0.767. The Morgan fingerprint density at radius 3 is 2.36 bits per heavy atom. The minimum Gasteiger partial charge on any atom is -0.332 e. The van der Waals surface area contributed by atoms with Gasteiger partial charge in [0.25, 0.3) is 5.91 Å². The van der Waals surface area contributed by atoms with Gasteiger partial charge in [-0.2, -0.15) is 0 Å². The van der Waals surface area contributed by atoms with Gasteiger partial charge in [-0.05, 0) is 67.5 Å². The predicted molar refractivity (Wildman–Crippen MR) is 96.1 cm³/mol. The van der Waals surface area contributed by atoms with Crippen LogP contribution in [0.1, 0.15) is 21.5 Å². The maximum Gasteiger partial charge on any atom is 0.257 e. The molecule has 0 aromatic heterocycles. The number of carbonyl (C=O) groups excluding carboxylic acids is 1. The van der Waals surface area contributed by atoms with E-state index in [1.807, 2.05) is 26.0 Å². The third-order valence-corrected chi connectivity index (χ3v) is 4.12. The van der Waals surface area contributed by atoms with Crippen LogP contribution >= 0.6 is 35.4 Å². The van der Waals surface area contributed by atoms with Crippen LogP contribution in [-0.2, 0) is 0 Å². The van der Waals surface area contributed by atoms with E-state index < -0.39 is 0 Å². The lowest BCUT2D eigenvalue weighted by atomic mass is 10.1. The fraction of sp³-hybridized carbons (Fsp3) is 0.125. The van der Waals surface area contributed by atoms with Crippen molar-refractivity contribution in [2.24, 2.45) is 0 Å². The van der Waals surface area contributed by atoms with E-state index in [2.05, 4.69) is 10.6 Å². The van der Waals surface area contributed by atoms with Gasteiger partial charge in [0.2, 0.25) is 0 Å². The molecule has 2 aromatic carbocycles. The number of thiocarbonyl (C=S) groups is 1. The average Bonchev–Trinajstić information content (AvgIpc) is 2.45. The summed E-state index contributed by atoms with van der Waals surface area (Å²) in [6.07, 6.45) is 0. The molecule has 2 rings (SSSR count). The summed E-state index contributed by atoms with van der Waals surface area (Å²) in [4.78, 5) is 12.1. The Balaban J connectivity index is 2.03. The molecule has 0 spiro atoms. The molecule has 1 amide bonds. The second kappa shape index (κ2) is 7.09. The van der Waals surface area contributed by atoms with Crippen LogP contribution in [0.4, 0.5) is 5.69 Å². The summed E-state index contributed by atoms with van der Waals surface area (Å²) < 4.78 is 0. The largest absolute Gasteiger partial charge is 0.332 e. The molecule has 0 aliphatic rings. The standard InChI is InChI=1S/C16H14Cl2N2OS/c1-9-3-4-11(7-10(9)2)15(21)20-16(22)19-12-5-6-13(17)14(18)8-12/h3-8H,1-2H3,(H2,19,20,21,22). The monoisotopic (exact) mass is 352 g/mol. The van der Waals surface area contributed by atoms with Crippen molar-refractivity contribution in [3.8, 4) is 0 Å². The molecule has 2 N–H and O–H groups in total. The van der Waals surface area contributed by atoms with Gasteiger partial charge in [-0.1, -0.05) is 29.3 Å². The first-order valence-corrected chi connectivity index (χ1v) is 7.68. The molecule has 0 fully saturated rings. The van der Waals surface area contributed by atoms with Crippen LogP contribution in [0.3, 0.4) is 0 Å². The van der Waals surface area contributed by atoms with E-state index in [1.54, 1.807) is 24.3 Å². The van der Waals surface area contributed by atoms with Crippen LogP contribution in [0.25, 0.3) is 0 Å². The predicted octanol–water partition coefficient (Wildman–Crippen LogP) is 4.74. The van der Waals surface area contributed by atoms with Gasteiger partial charge in [-0.25, -0.2) is 0 Å². The first kappa shape index (κ1) is 16.7. The fourth-order valence-corrected chi connectivity index (χ4v) is 2.30. The van der Waals surface area contributed by atoms with Crippen molar-refractivity contribution in [3.63, 3.8) is 0 Å². The number of anilines is 1. The molecule has 0 bridgehead atoms. The van der Waals surface area contributed by atoms with E-state index in [-0.39, 0.29) is 11.0 Å². The zero-order valence-corrected chi connectivity index (χ0v) is 14.4. The fourth-order valence-electron chi connectivity index (χ4n) is 1.79. The molecule has 0 aliphatic carbocycles. The SMILES string of the molecule is Cc1ccc(C(=O)NC(=S)Nc2ccc(Cl)c(Cl)c2)cc1C. The number of amides is 1. The molecule has 0 saturated carbocycles. The molecule has 0 atom stereocenters. The highest BCUT2D eigenvalue weighted by Crippen LogP contribution is 2.24. The van der Waals surface area contributed by atoms with Crippen molar-refractivity contribution < 1.29 is 4.79 Å². The highest BCUT2D eigenvalue weighted by molar-refractivity contribution is 7.80. The van der Waals surface area contributed by atoms with Gasteiger partial charge in [-0.3, -0.25) is 10.1 Å². The average molecular weight is 353 g/mol. The molecule has 0 unspecified atom stereocenters. The molecule has 0 heterocycles. The van der Waals surface area contributed by atoms with Crippen LogP contribution < -0.4 is 10.6 Å². The van der Waals surface area contributed by atoms with Gasteiger partial charge in [0, 0.05) is 11.3 Å². The zero-order chi connectivity index (χ0) is 16.3. The molecule has 2 aromatic rings. The second-order valence-corrected chi connectivity index (χ2v) is 6.06. The molecular weight excluding hydrogens is 339 g/mol. The topological polar surface area (TPSA) is 41.1 Å². The molecule has 6 heteroatoms. The van der Waals surface area contributed by atoms with Gasteiger partial charge < -0.3 is 5.32 Å². The van der Waals surface area contributed by atoms with E-state index >= 15 is 0 Å². The van der Waals surface area contributed by atoms with Crippen molar-refractivity contribution in [3.05, 3.63) is 63.1 Å². The Morgan fingerprint density at radius 1 is 1.00 bits per heavy atom. The molecule has 0 aliphatic heterocycles. The van der Waals surface area contributed by atoms with Crippen LogP contribution in [0.15, 0.2) is 36.4 Å². The summed E-state index contributed by atoms with van der Waals surface area (Å²) in [5, 5.41) is 6.59. The first-order chi connectivity index (χ1) is 10.4. The van der Waals surface area contributed by atoms with Crippen LogP contribution in [0.2, 0.25) is 10.0 Å². The third-order valence-electron chi connectivity index (χ3n) is 3.17. The van der Waals surface area contributed by atoms with Crippen LogP contribution in [-0.4, -0.2) is 11.0 Å². The number of carbonyl (C=O) groups is 1.